The molecule has 3 rings (SSSR count). The van der Waals surface area contributed by atoms with E-state index < -0.39 is 0 Å². The van der Waals surface area contributed by atoms with Crippen LogP contribution in [0.3, 0.4) is 0 Å². The summed E-state index contributed by atoms with van der Waals surface area (Å²) in [4.78, 5) is 1.34. The summed E-state index contributed by atoms with van der Waals surface area (Å²) >= 11 is 1.96. The predicted molar refractivity (Wildman–Crippen MR) is 92.8 cm³/mol. The molecular weight excluding hydrogens is 274 g/mol. The molecule has 3 aromatic rings. The monoisotopic (exact) mass is 295 g/mol. The average molecular weight is 295 g/mol. The molecule has 0 spiro atoms. The average Bonchev–Trinajstić information content (AvgIpc) is 2.83. The molecule has 0 fully saturated rings. The number of hydrogen-bond acceptors (Lipinski definition) is 1. The van der Waals surface area contributed by atoms with Crippen LogP contribution < -0.4 is 0 Å². The van der Waals surface area contributed by atoms with Gasteiger partial charge in [-0.2, -0.15) is 0 Å². The fourth-order valence-corrected chi connectivity index (χ4v) is 4.00. The molecule has 0 saturated heterocycles. The van der Waals surface area contributed by atoms with Crippen LogP contribution in [0.15, 0.2) is 65.7 Å². The van der Waals surface area contributed by atoms with Crippen molar-refractivity contribution in [3.8, 4) is 0 Å². The van der Waals surface area contributed by atoms with Gasteiger partial charge in [0.2, 0.25) is 0 Å². The minimum atomic E-state index is 0.471. The lowest BCUT2D eigenvalue weighted by Crippen LogP contribution is -2.02. The van der Waals surface area contributed by atoms with E-state index in [2.05, 4.69) is 86.3 Å². The second-order valence-corrected chi connectivity index (χ2v) is 7.02. The lowest BCUT2D eigenvalue weighted by atomic mass is 10.0. The Hall–Kier alpha value is -1.67. The van der Waals surface area contributed by atoms with Gasteiger partial charge >= 0.3 is 0 Å². The van der Waals surface area contributed by atoms with Gasteiger partial charge in [0.1, 0.15) is 0 Å². The summed E-state index contributed by atoms with van der Waals surface area (Å²) in [6.07, 6.45) is 2.30. The molecule has 0 amide bonds. The summed E-state index contributed by atoms with van der Waals surface area (Å²) in [7, 11) is 2.14. The summed E-state index contributed by atoms with van der Waals surface area (Å²) < 4.78 is 2.24. The second kappa shape index (κ2) is 5.98. The van der Waals surface area contributed by atoms with E-state index in [0.29, 0.717) is 11.2 Å². The summed E-state index contributed by atoms with van der Waals surface area (Å²) in [5, 5.41) is 1.85. The Kier molecular flexibility index (Phi) is 4.07. The highest BCUT2D eigenvalue weighted by Crippen LogP contribution is 2.43. The largest absolute Gasteiger partial charge is 0.350 e. The molecule has 0 radical (unpaired) electrons. The van der Waals surface area contributed by atoms with Gasteiger partial charge in [-0.3, -0.25) is 0 Å². The Labute approximate surface area is 131 Å². The zero-order chi connectivity index (χ0) is 14.8. The number of fused-ring (bicyclic) bond motifs is 1. The number of hydrogen-bond donors (Lipinski definition) is 0. The van der Waals surface area contributed by atoms with Crippen LogP contribution in [0.1, 0.15) is 24.7 Å². The van der Waals surface area contributed by atoms with Crippen LogP contribution >= 0.6 is 11.8 Å². The van der Waals surface area contributed by atoms with Gasteiger partial charge in [-0.05, 0) is 29.7 Å². The highest BCUT2D eigenvalue weighted by molar-refractivity contribution is 7.99. The number of para-hydroxylation sites is 1. The normalized spacial score (nSPS) is 13.0. The van der Waals surface area contributed by atoms with Gasteiger partial charge < -0.3 is 4.57 Å². The van der Waals surface area contributed by atoms with Crippen molar-refractivity contribution in [1.82, 2.24) is 4.57 Å². The van der Waals surface area contributed by atoms with Gasteiger partial charge in [0, 0.05) is 34.3 Å². The topological polar surface area (TPSA) is 4.93 Å². The summed E-state index contributed by atoms with van der Waals surface area (Å²) in [5.41, 5.74) is 2.75. The Morgan fingerprint density at radius 2 is 1.57 bits per heavy atom. The van der Waals surface area contributed by atoms with E-state index in [1.54, 1.807) is 0 Å². The van der Waals surface area contributed by atoms with Crippen molar-refractivity contribution in [3.05, 3.63) is 66.4 Å². The third kappa shape index (κ3) is 2.86. The van der Waals surface area contributed by atoms with Gasteiger partial charge in [0.25, 0.3) is 0 Å². The van der Waals surface area contributed by atoms with Gasteiger partial charge in [0.05, 0.1) is 0 Å². The highest BCUT2D eigenvalue weighted by Gasteiger charge is 2.21. The first-order valence-corrected chi connectivity index (χ1v) is 8.30. The van der Waals surface area contributed by atoms with Gasteiger partial charge in [-0.1, -0.05) is 50.2 Å². The van der Waals surface area contributed by atoms with Crippen LogP contribution in [0.4, 0.5) is 0 Å². The van der Waals surface area contributed by atoms with Crippen molar-refractivity contribution >= 4 is 22.7 Å². The smallest absolute Gasteiger partial charge is 0.0480 e. The molecule has 2 heteroatoms. The molecule has 1 unspecified atom stereocenters. The molecule has 2 aromatic carbocycles. The van der Waals surface area contributed by atoms with Crippen LogP contribution in [0.2, 0.25) is 0 Å². The molecule has 0 aliphatic heterocycles. The Morgan fingerprint density at radius 1 is 0.905 bits per heavy atom. The van der Waals surface area contributed by atoms with Crippen LogP contribution in [0.5, 0.6) is 0 Å². The van der Waals surface area contributed by atoms with E-state index >= 15 is 0 Å². The SMILES string of the molecule is CC(C)C(Sc1ccccc1)c1cn(C)c2ccccc12. The van der Waals surface area contributed by atoms with Gasteiger partial charge in [-0.15, -0.1) is 11.8 Å². The Morgan fingerprint density at radius 3 is 2.29 bits per heavy atom. The molecule has 21 heavy (non-hydrogen) atoms. The number of rotatable bonds is 4. The number of benzene rings is 2. The molecule has 0 N–H and O–H groups in total. The van der Waals surface area contributed by atoms with Crippen LogP contribution in [0.25, 0.3) is 10.9 Å². The maximum absolute atomic E-state index is 2.31. The first kappa shape index (κ1) is 14.3. The van der Waals surface area contributed by atoms with Crippen molar-refractivity contribution in [2.45, 2.75) is 24.0 Å². The molecular formula is C19H21NS. The summed E-state index contributed by atoms with van der Waals surface area (Å²) in [6.45, 7) is 4.62. The van der Waals surface area contributed by atoms with Crippen LogP contribution in [-0.2, 0) is 7.05 Å². The van der Waals surface area contributed by atoms with Crippen molar-refractivity contribution in [2.75, 3.05) is 0 Å². The molecule has 1 atom stereocenters. The molecule has 1 heterocycles. The van der Waals surface area contributed by atoms with Crippen LogP contribution in [0, 0.1) is 5.92 Å². The fraction of sp³-hybridized carbons (Fsp3) is 0.263. The fourth-order valence-electron chi connectivity index (χ4n) is 2.80. The number of thioether (sulfide) groups is 1. The number of nitrogens with zero attached hydrogens (tertiary/aromatic N) is 1. The summed E-state index contributed by atoms with van der Waals surface area (Å²) in [6, 6.07) is 19.4. The molecule has 0 bridgehead atoms. The quantitative estimate of drug-likeness (QED) is 0.562. The molecule has 0 aliphatic rings. The Bertz CT molecular complexity index is 728. The maximum atomic E-state index is 2.31. The van der Waals surface area contributed by atoms with Crippen molar-refractivity contribution < 1.29 is 0 Å². The standard InChI is InChI=1S/C19H21NS/c1-14(2)19(21-15-9-5-4-6-10-15)17-13-20(3)18-12-8-7-11-16(17)18/h4-14,19H,1-3H3. The van der Waals surface area contributed by atoms with E-state index in [4.69, 9.17) is 0 Å². The summed E-state index contributed by atoms with van der Waals surface area (Å²) in [5.74, 6) is 0.584. The minimum absolute atomic E-state index is 0.471. The lowest BCUT2D eigenvalue weighted by Gasteiger charge is -2.20. The molecule has 0 saturated carbocycles. The van der Waals surface area contributed by atoms with E-state index in [0.717, 1.165) is 0 Å². The molecule has 108 valence electrons. The van der Waals surface area contributed by atoms with Crippen molar-refractivity contribution in [3.63, 3.8) is 0 Å². The molecule has 0 aliphatic carbocycles. The minimum Gasteiger partial charge on any atom is -0.350 e. The van der Waals surface area contributed by atoms with Crippen LogP contribution in [-0.4, -0.2) is 4.57 Å². The zero-order valence-corrected chi connectivity index (χ0v) is 13.6. The zero-order valence-electron chi connectivity index (χ0n) is 12.8. The lowest BCUT2D eigenvalue weighted by molar-refractivity contribution is 0.633. The van der Waals surface area contributed by atoms with E-state index in [9.17, 15) is 0 Å². The predicted octanol–water partition coefficient (Wildman–Crippen LogP) is 5.67. The van der Waals surface area contributed by atoms with Crippen molar-refractivity contribution in [1.29, 1.82) is 0 Å². The van der Waals surface area contributed by atoms with Crippen molar-refractivity contribution in [2.24, 2.45) is 13.0 Å². The first-order valence-electron chi connectivity index (χ1n) is 7.42. The number of aryl methyl sites for hydroxylation is 1. The highest BCUT2D eigenvalue weighted by atomic mass is 32.2. The third-order valence-corrected chi connectivity index (χ3v) is 5.44. The van der Waals surface area contributed by atoms with E-state index in [-0.39, 0.29) is 0 Å². The second-order valence-electron chi connectivity index (χ2n) is 5.81. The molecule has 1 aromatic heterocycles. The Balaban J connectivity index is 2.04. The number of aromatic nitrogens is 1. The van der Waals surface area contributed by atoms with E-state index in [1.165, 1.54) is 21.4 Å². The first-order chi connectivity index (χ1) is 10.2. The maximum Gasteiger partial charge on any atom is 0.0480 e. The molecule has 1 nitrogen and oxygen atoms in total. The van der Waals surface area contributed by atoms with E-state index in [1.807, 2.05) is 11.8 Å². The third-order valence-electron chi connectivity index (χ3n) is 3.85. The van der Waals surface area contributed by atoms with Gasteiger partial charge in [-0.25, -0.2) is 0 Å². The van der Waals surface area contributed by atoms with Gasteiger partial charge in [0.15, 0.2) is 0 Å².